The first-order valence-corrected chi connectivity index (χ1v) is 11.2. The van der Waals surface area contributed by atoms with Gasteiger partial charge in [0.25, 0.3) is 0 Å². The summed E-state index contributed by atoms with van der Waals surface area (Å²) < 4.78 is 29.6. The number of morpholine rings is 1. The Bertz CT molecular complexity index is 799. The number of hydrogen-bond donors (Lipinski definition) is 2. The van der Waals surface area contributed by atoms with Gasteiger partial charge in [-0.2, -0.15) is 0 Å². The highest BCUT2D eigenvalue weighted by molar-refractivity contribution is 7.92. The Kier molecular flexibility index (Phi) is 6.69. The fraction of sp³-hybridized carbons (Fsp3) is 0.579. The Morgan fingerprint density at radius 2 is 2.07 bits per heavy atom. The maximum Gasteiger partial charge on any atom is 0.249 e. The highest BCUT2D eigenvalue weighted by Crippen LogP contribution is 2.19. The summed E-state index contributed by atoms with van der Waals surface area (Å²) in [5, 5.41) is 5.38. The maximum absolute atomic E-state index is 12.8. The van der Waals surface area contributed by atoms with E-state index in [0.29, 0.717) is 26.1 Å². The minimum atomic E-state index is -3.12. The number of ether oxygens (including phenoxy) is 1. The largest absolute Gasteiger partial charge is 0.366 e. The van der Waals surface area contributed by atoms with E-state index in [4.69, 9.17) is 4.74 Å². The molecule has 2 amide bonds. The van der Waals surface area contributed by atoms with E-state index in [1.165, 1.54) is 4.90 Å². The molecule has 2 aliphatic rings. The van der Waals surface area contributed by atoms with Gasteiger partial charge in [0.2, 0.25) is 11.8 Å². The molecule has 1 aromatic rings. The molecule has 154 valence electrons. The van der Waals surface area contributed by atoms with E-state index in [1.54, 1.807) is 6.92 Å². The predicted octanol–water partition coefficient (Wildman–Crippen LogP) is -0.305. The second-order valence-electron chi connectivity index (χ2n) is 7.24. The Labute approximate surface area is 165 Å². The van der Waals surface area contributed by atoms with E-state index in [2.05, 4.69) is 10.6 Å². The number of sulfone groups is 1. The minimum Gasteiger partial charge on any atom is -0.366 e. The standard InChI is InChI=1S/C19H27N3O5S/c1-14-18(19(24)21-8-7-16-11-20-9-10-28(16,25)26)22(17(23)13-27-14)12-15-5-3-2-4-6-15/h2-6,14,16,18,20H,7-13H2,1H3,(H,21,24)/t14-,16?,18+/m1/s1. The molecule has 0 spiro atoms. The number of carbonyl (C=O) groups excluding carboxylic acids is 2. The third-order valence-electron chi connectivity index (χ3n) is 5.24. The molecular formula is C19H27N3O5S. The summed E-state index contributed by atoms with van der Waals surface area (Å²) in [4.78, 5) is 26.7. The molecule has 3 rings (SSSR count). The van der Waals surface area contributed by atoms with Crippen LogP contribution in [0.15, 0.2) is 30.3 Å². The molecule has 0 bridgehead atoms. The minimum absolute atomic E-state index is 0.0518. The summed E-state index contributed by atoms with van der Waals surface area (Å²) >= 11 is 0. The number of amides is 2. The normalized spacial score (nSPS) is 27.4. The molecule has 3 atom stereocenters. The van der Waals surface area contributed by atoms with Crippen molar-refractivity contribution >= 4 is 21.7 Å². The van der Waals surface area contributed by atoms with Gasteiger partial charge in [0, 0.05) is 26.2 Å². The average molecular weight is 410 g/mol. The van der Waals surface area contributed by atoms with Gasteiger partial charge in [0.15, 0.2) is 9.84 Å². The highest BCUT2D eigenvalue weighted by atomic mass is 32.2. The van der Waals surface area contributed by atoms with Crippen molar-refractivity contribution in [2.75, 3.05) is 32.0 Å². The Morgan fingerprint density at radius 3 is 2.79 bits per heavy atom. The molecule has 2 fully saturated rings. The van der Waals surface area contributed by atoms with Crippen LogP contribution >= 0.6 is 0 Å². The molecule has 9 heteroatoms. The number of hydrogen-bond acceptors (Lipinski definition) is 6. The fourth-order valence-corrected chi connectivity index (χ4v) is 5.23. The van der Waals surface area contributed by atoms with Crippen LogP contribution in [0.1, 0.15) is 18.9 Å². The van der Waals surface area contributed by atoms with E-state index in [-0.39, 0.29) is 30.7 Å². The van der Waals surface area contributed by atoms with Crippen LogP contribution in [-0.2, 0) is 30.7 Å². The second kappa shape index (κ2) is 9.02. The zero-order chi connectivity index (χ0) is 20.1. The highest BCUT2D eigenvalue weighted by Gasteiger charge is 2.39. The Hall–Kier alpha value is -1.97. The lowest BCUT2D eigenvalue weighted by atomic mass is 10.1. The summed E-state index contributed by atoms with van der Waals surface area (Å²) in [6, 6.07) is 8.73. The molecule has 8 nitrogen and oxygen atoms in total. The lowest BCUT2D eigenvalue weighted by Crippen LogP contribution is -2.59. The van der Waals surface area contributed by atoms with Crippen LogP contribution < -0.4 is 10.6 Å². The Balaban J connectivity index is 1.62. The number of nitrogens with zero attached hydrogens (tertiary/aromatic N) is 1. The third-order valence-corrected chi connectivity index (χ3v) is 7.43. The van der Waals surface area contributed by atoms with Crippen molar-refractivity contribution in [2.45, 2.75) is 37.3 Å². The van der Waals surface area contributed by atoms with Gasteiger partial charge >= 0.3 is 0 Å². The van der Waals surface area contributed by atoms with Crippen molar-refractivity contribution in [2.24, 2.45) is 0 Å². The molecule has 0 saturated carbocycles. The summed E-state index contributed by atoms with van der Waals surface area (Å²) in [5.74, 6) is -0.433. The molecule has 28 heavy (non-hydrogen) atoms. The fourth-order valence-electron chi connectivity index (χ4n) is 3.62. The number of rotatable bonds is 6. The smallest absolute Gasteiger partial charge is 0.249 e. The van der Waals surface area contributed by atoms with Crippen LogP contribution in [0.25, 0.3) is 0 Å². The van der Waals surface area contributed by atoms with Gasteiger partial charge in [-0.25, -0.2) is 8.42 Å². The van der Waals surface area contributed by atoms with Gasteiger partial charge < -0.3 is 20.3 Å². The molecule has 2 saturated heterocycles. The van der Waals surface area contributed by atoms with Crippen LogP contribution in [-0.4, -0.2) is 74.5 Å². The molecule has 1 aromatic carbocycles. The summed E-state index contributed by atoms with van der Waals surface area (Å²) in [5.41, 5.74) is 0.933. The van der Waals surface area contributed by atoms with Crippen molar-refractivity contribution in [1.82, 2.24) is 15.5 Å². The lowest BCUT2D eigenvalue weighted by Gasteiger charge is -2.38. The summed E-state index contributed by atoms with van der Waals surface area (Å²) in [6.45, 7) is 3.15. The zero-order valence-electron chi connectivity index (χ0n) is 16.0. The molecule has 2 heterocycles. The first-order chi connectivity index (χ1) is 13.4. The summed E-state index contributed by atoms with van der Waals surface area (Å²) in [7, 11) is -3.12. The molecule has 0 radical (unpaired) electrons. The van der Waals surface area contributed by atoms with Crippen LogP contribution in [0, 0.1) is 0 Å². The van der Waals surface area contributed by atoms with E-state index >= 15 is 0 Å². The number of benzene rings is 1. The summed E-state index contributed by atoms with van der Waals surface area (Å²) in [6.07, 6.45) is -0.100. The van der Waals surface area contributed by atoms with Gasteiger partial charge in [0.1, 0.15) is 12.6 Å². The van der Waals surface area contributed by atoms with Crippen molar-refractivity contribution in [1.29, 1.82) is 0 Å². The van der Waals surface area contributed by atoms with Crippen molar-refractivity contribution < 1.29 is 22.7 Å². The molecular weight excluding hydrogens is 382 g/mol. The first kappa shape index (κ1) is 20.8. The molecule has 0 aromatic heterocycles. The van der Waals surface area contributed by atoms with E-state index in [1.807, 2.05) is 30.3 Å². The molecule has 2 N–H and O–H groups in total. The third kappa shape index (κ3) is 4.89. The second-order valence-corrected chi connectivity index (χ2v) is 9.64. The van der Waals surface area contributed by atoms with Crippen LogP contribution in [0.2, 0.25) is 0 Å². The Morgan fingerprint density at radius 1 is 1.32 bits per heavy atom. The molecule has 0 aliphatic carbocycles. The van der Waals surface area contributed by atoms with Crippen LogP contribution in [0.4, 0.5) is 0 Å². The van der Waals surface area contributed by atoms with Crippen molar-refractivity contribution in [3.63, 3.8) is 0 Å². The van der Waals surface area contributed by atoms with Crippen LogP contribution in [0.3, 0.4) is 0 Å². The lowest BCUT2D eigenvalue weighted by molar-refractivity contribution is -0.163. The average Bonchev–Trinajstić information content (AvgIpc) is 2.67. The van der Waals surface area contributed by atoms with Gasteiger partial charge in [-0.3, -0.25) is 9.59 Å². The van der Waals surface area contributed by atoms with Gasteiger partial charge in [-0.05, 0) is 18.9 Å². The van der Waals surface area contributed by atoms with Crippen molar-refractivity contribution in [3.8, 4) is 0 Å². The SMILES string of the molecule is C[C@H]1OCC(=O)N(Cc2ccccc2)[C@@H]1C(=O)NCCC1CNCCS1(=O)=O. The topological polar surface area (TPSA) is 105 Å². The molecule has 1 unspecified atom stereocenters. The first-order valence-electron chi connectivity index (χ1n) is 9.53. The molecule has 2 aliphatic heterocycles. The quantitative estimate of drug-likeness (QED) is 0.668. The zero-order valence-corrected chi connectivity index (χ0v) is 16.8. The predicted molar refractivity (Wildman–Crippen MR) is 104 cm³/mol. The van der Waals surface area contributed by atoms with E-state index < -0.39 is 27.2 Å². The van der Waals surface area contributed by atoms with Crippen molar-refractivity contribution in [3.05, 3.63) is 35.9 Å². The number of nitrogens with one attached hydrogen (secondary N) is 2. The maximum atomic E-state index is 12.8. The number of carbonyl (C=O) groups is 2. The van der Waals surface area contributed by atoms with E-state index in [9.17, 15) is 18.0 Å². The van der Waals surface area contributed by atoms with Crippen LogP contribution in [0.5, 0.6) is 0 Å². The van der Waals surface area contributed by atoms with Gasteiger partial charge in [-0.15, -0.1) is 0 Å². The van der Waals surface area contributed by atoms with E-state index in [0.717, 1.165) is 5.56 Å². The van der Waals surface area contributed by atoms with Gasteiger partial charge in [0.05, 0.1) is 17.1 Å². The monoisotopic (exact) mass is 409 g/mol. The van der Waals surface area contributed by atoms with Gasteiger partial charge in [-0.1, -0.05) is 30.3 Å².